The van der Waals surface area contributed by atoms with Crippen molar-refractivity contribution in [2.45, 2.75) is 89.8 Å². The third-order valence-corrected chi connectivity index (χ3v) is 7.43. The molecule has 0 aromatic heterocycles. The molecule has 31 heavy (non-hydrogen) atoms. The molecule has 1 atom stereocenters. The predicted molar refractivity (Wildman–Crippen MR) is 120 cm³/mol. The van der Waals surface area contributed by atoms with Gasteiger partial charge in [0.15, 0.2) is 6.10 Å². The number of carbonyl (C=O) groups is 2. The molecule has 0 saturated carbocycles. The molecule has 1 aliphatic heterocycles. The highest BCUT2D eigenvalue weighted by Gasteiger charge is 2.28. The molecule has 1 fully saturated rings. The number of hydrogen-bond donors (Lipinski definition) is 0. The summed E-state index contributed by atoms with van der Waals surface area (Å²) in [6.07, 6.45) is 2.56. The van der Waals surface area contributed by atoms with Gasteiger partial charge in [0.1, 0.15) is 0 Å². The number of aryl methyl sites for hydroxylation is 1. The van der Waals surface area contributed by atoms with Crippen LogP contribution in [-0.2, 0) is 30.8 Å². The fourth-order valence-electron chi connectivity index (χ4n) is 3.95. The van der Waals surface area contributed by atoms with Crippen LogP contribution in [0.4, 0.5) is 0 Å². The monoisotopic (exact) mass is 452 g/mol. The van der Waals surface area contributed by atoms with Gasteiger partial charge in [-0.15, -0.1) is 0 Å². The molecule has 1 aromatic rings. The van der Waals surface area contributed by atoms with Gasteiger partial charge in [0.05, 0.1) is 4.90 Å². The topological polar surface area (TPSA) is 84.0 Å². The van der Waals surface area contributed by atoms with Gasteiger partial charge >= 0.3 is 5.97 Å². The maximum atomic E-state index is 12.7. The van der Waals surface area contributed by atoms with Crippen molar-refractivity contribution in [3.8, 4) is 0 Å². The van der Waals surface area contributed by atoms with E-state index in [4.69, 9.17) is 4.74 Å². The second kappa shape index (κ2) is 11.1. The van der Waals surface area contributed by atoms with Gasteiger partial charge < -0.3 is 9.64 Å². The van der Waals surface area contributed by atoms with Crippen LogP contribution in [0.15, 0.2) is 29.2 Å². The minimum absolute atomic E-state index is 0.0216. The second-order valence-electron chi connectivity index (χ2n) is 8.67. The summed E-state index contributed by atoms with van der Waals surface area (Å²) in [5.74, 6) is -0.649. The Bertz CT molecular complexity index is 835. The number of ether oxygens (including phenoxy) is 1. The number of amides is 1. The van der Waals surface area contributed by atoms with Gasteiger partial charge in [0.25, 0.3) is 5.91 Å². The van der Waals surface area contributed by atoms with E-state index in [1.54, 1.807) is 40.4 Å². The van der Waals surface area contributed by atoms with E-state index in [-0.39, 0.29) is 29.3 Å². The fraction of sp³-hybridized carbons (Fsp3) is 0.652. The predicted octanol–water partition coefficient (Wildman–Crippen LogP) is 3.37. The van der Waals surface area contributed by atoms with Crippen LogP contribution in [-0.4, -0.2) is 60.8 Å². The molecule has 1 aromatic carbocycles. The van der Waals surface area contributed by atoms with Gasteiger partial charge in [-0.3, -0.25) is 9.59 Å². The average molecular weight is 453 g/mol. The third-order valence-electron chi connectivity index (χ3n) is 5.52. The summed E-state index contributed by atoms with van der Waals surface area (Å²) in [5.41, 5.74) is 0.847. The Morgan fingerprint density at radius 3 is 2.03 bits per heavy atom. The first kappa shape index (κ1) is 25.3. The summed E-state index contributed by atoms with van der Waals surface area (Å²) >= 11 is 0. The Morgan fingerprint density at radius 2 is 1.52 bits per heavy atom. The van der Waals surface area contributed by atoms with E-state index >= 15 is 0 Å². The highest BCUT2D eigenvalue weighted by Crippen LogP contribution is 2.21. The van der Waals surface area contributed by atoms with E-state index < -0.39 is 22.1 Å². The van der Waals surface area contributed by atoms with E-state index in [1.807, 2.05) is 27.7 Å². The maximum Gasteiger partial charge on any atom is 0.306 e. The molecule has 1 heterocycles. The lowest BCUT2D eigenvalue weighted by Gasteiger charge is -2.32. The molecule has 1 amide bonds. The van der Waals surface area contributed by atoms with Gasteiger partial charge in [-0.25, -0.2) is 8.42 Å². The molecule has 8 heteroatoms. The lowest BCUT2D eigenvalue weighted by molar-refractivity contribution is -0.161. The fourth-order valence-corrected chi connectivity index (χ4v) is 5.47. The van der Waals surface area contributed by atoms with Crippen molar-refractivity contribution < 1.29 is 22.7 Å². The van der Waals surface area contributed by atoms with Crippen molar-refractivity contribution >= 4 is 21.9 Å². The van der Waals surface area contributed by atoms with Gasteiger partial charge in [0.2, 0.25) is 10.0 Å². The Morgan fingerprint density at radius 1 is 0.968 bits per heavy atom. The zero-order chi connectivity index (χ0) is 23.2. The first-order valence-electron chi connectivity index (χ1n) is 11.1. The molecule has 0 spiro atoms. The van der Waals surface area contributed by atoms with Gasteiger partial charge in [-0.1, -0.05) is 18.6 Å². The van der Waals surface area contributed by atoms with E-state index in [2.05, 4.69) is 0 Å². The smallest absolute Gasteiger partial charge is 0.306 e. The lowest BCUT2D eigenvalue weighted by atomic mass is 10.1. The summed E-state index contributed by atoms with van der Waals surface area (Å²) in [6.45, 7) is 10.5. The lowest BCUT2D eigenvalue weighted by Crippen LogP contribution is -2.47. The molecule has 1 unspecified atom stereocenters. The van der Waals surface area contributed by atoms with E-state index in [0.717, 1.165) is 24.8 Å². The minimum Gasteiger partial charge on any atom is -0.453 e. The van der Waals surface area contributed by atoms with Crippen LogP contribution in [0.5, 0.6) is 0 Å². The summed E-state index contributed by atoms with van der Waals surface area (Å²) < 4.78 is 32.3. The van der Waals surface area contributed by atoms with Crippen LogP contribution in [0.3, 0.4) is 0 Å². The van der Waals surface area contributed by atoms with Crippen molar-refractivity contribution in [2.24, 2.45) is 0 Å². The molecule has 1 saturated heterocycles. The number of piperidine rings is 1. The third kappa shape index (κ3) is 6.77. The number of sulfonamides is 1. The largest absolute Gasteiger partial charge is 0.453 e. The summed E-state index contributed by atoms with van der Waals surface area (Å²) in [4.78, 5) is 26.8. The highest BCUT2D eigenvalue weighted by molar-refractivity contribution is 7.89. The maximum absolute atomic E-state index is 12.7. The zero-order valence-corrected chi connectivity index (χ0v) is 20.2. The standard InChI is InChI=1S/C23H36N2O5S/c1-17(2)25(18(3)4)23(27)19(5)30-22(26)14-11-20-9-12-21(13-10-20)31(28,29)24-15-7-6-8-16-24/h9-10,12-13,17-19H,6-8,11,14-16H2,1-5H3. The Labute approximate surface area is 186 Å². The minimum atomic E-state index is -3.46. The number of nitrogens with zero attached hydrogens (tertiary/aromatic N) is 2. The van der Waals surface area contributed by atoms with Crippen molar-refractivity contribution in [3.63, 3.8) is 0 Å². The molecule has 1 aliphatic rings. The number of hydrogen-bond acceptors (Lipinski definition) is 5. The molecule has 2 rings (SSSR count). The Kier molecular flexibility index (Phi) is 9.06. The van der Waals surface area contributed by atoms with Crippen LogP contribution in [0.2, 0.25) is 0 Å². The van der Waals surface area contributed by atoms with Crippen LogP contribution in [0.1, 0.15) is 65.9 Å². The first-order chi connectivity index (χ1) is 14.5. The van der Waals surface area contributed by atoms with Gasteiger partial charge in [0, 0.05) is 31.6 Å². The van der Waals surface area contributed by atoms with Crippen molar-refractivity contribution in [1.82, 2.24) is 9.21 Å². The molecule has 174 valence electrons. The number of benzene rings is 1. The summed E-state index contributed by atoms with van der Waals surface area (Å²) in [5, 5.41) is 0. The van der Waals surface area contributed by atoms with E-state index in [0.29, 0.717) is 19.5 Å². The van der Waals surface area contributed by atoms with E-state index in [1.165, 1.54) is 0 Å². The molecular weight excluding hydrogens is 416 g/mol. The summed E-state index contributed by atoms with van der Waals surface area (Å²) in [7, 11) is -3.46. The second-order valence-corrected chi connectivity index (χ2v) is 10.6. The van der Waals surface area contributed by atoms with Crippen LogP contribution < -0.4 is 0 Å². The quantitative estimate of drug-likeness (QED) is 0.537. The average Bonchev–Trinajstić information content (AvgIpc) is 2.72. The van der Waals surface area contributed by atoms with Crippen molar-refractivity contribution in [2.75, 3.05) is 13.1 Å². The molecule has 0 aliphatic carbocycles. The van der Waals surface area contributed by atoms with Crippen molar-refractivity contribution in [3.05, 3.63) is 29.8 Å². The molecule has 7 nitrogen and oxygen atoms in total. The number of carbonyl (C=O) groups excluding carboxylic acids is 2. The molecule has 0 bridgehead atoms. The molecule has 0 radical (unpaired) electrons. The molecular formula is C23H36N2O5S. The van der Waals surface area contributed by atoms with Crippen molar-refractivity contribution in [1.29, 1.82) is 0 Å². The molecule has 0 N–H and O–H groups in total. The Hall–Kier alpha value is -1.93. The Balaban J connectivity index is 1.90. The first-order valence-corrected chi connectivity index (χ1v) is 12.6. The highest BCUT2D eigenvalue weighted by atomic mass is 32.2. The number of rotatable bonds is 9. The van der Waals surface area contributed by atoms with E-state index in [9.17, 15) is 18.0 Å². The zero-order valence-electron chi connectivity index (χ0n) is 19.3. The van der Waals surface area contributed by atoms with Crippen LogP contribution in [0, 0.1) is 0 Å². The van der Waals surface area contributed by atoms with Gasteiger partial charge in [-0.2, -0.15) is 4.31 Å². The normalized spacial score (nSPS) is 16.4. The van der Waals surface area contributed by atoms with Gasteiger partial charge in [-0.05, 0) is 71.6 Å². The summed E-state index contributed by atoms with van der Waals surface area (Å²) in [6, 6.07) is 6.71. The number of esters is 1. The van der Waals surface area contributed by atoms with Crippen LogP contribution in [0.25, 0.3) is 0 Å². The van der Waals surface area contributed by atoms with Crippen LogP contribution >= 0.6 is 0 Å². The SMILES string of the molecule is CC(OC(=O)CCc1ccc(S(=O)(=O)N2CCCCC2)cc1)C(=O)N(C(C)C)C(C)C.